The SMILES string of the molecule is CC(=O)c1ccc(C)n(CC(=O)NCc2ccco2)c1=O. The van der Waals surface area contributed by atoms with Gasteiger partial charge in [-0.3, -0.25) is 14.4 Å². The number of carbonyl (C=O) groups excluding carboxylic acids is 2. The van der Waals surface area contributed by atoms with Crippen LogP contribution in [0.4, 0.5) is 0 Å². The average molecular weight is 288 g/mol. The first-order chi connectivity index (χ1) is 9.99. The number of pyridine rings is 1. The van der Waals surface area contributed by atoms with E-state index < -0.39 is 5.56 Å². The van der Waals surface area contributed by atoms with E-state index in [9.17, 15) is 14.4 Å². The number of aromatic nitrogens is 1. The summed E-state index contributed by atoms with van der Waals surface area (Å²) in [5.41, 5.74) is 0.258. The molecule has 2 aromatic rings. The Morgan fingerprint density at radius 2 is 2.05 bits per heavy atom. The third-order valence-corrected chi connectivity index (χ3v) is 3.11. The maximum absolute atomic E-state index is 12.1. The molecule has 21 heavy (non-hydrogen) atoms. The summed E-state index contributed by atoms with van der Waals surface area (Å²) >= 11 is 0. The summed E-state index contributed by atoms with van der Waals surface area (Å²) in [7, 11) is 0. The zero-order chi connectivity index (χ0) is 15.4. The number of ketones is 1. The summed E-state index contributed by atoms with van der Waals surface area (Å²) < 4.78 is 6.39. The van der Waals surface area contributed by atoms with E-state index in [1.165, 1.54) is 23.8 Å². The molecule has 0 saturated heterocycles. The fraction of sp³-hybridized carbons (Fsp3) is 0.267. The van der Waals surface area contributed by atoms with Crippen LogP contribution in [0.5, 0.6) is 0 Å². The number of nitrogens with one attached hydrogen (secondary N) is 1. The van der Waals surface area contributed by atoms with E-state index in [1.807, 2.05) is 0 Å². The zero-order valence-corrected chi connectivity index (χ0v) is 11.9. The molecule has 0 bridgehead atoms. The van der Waals surface area contributed by atoms with Gasteiger partial charge < -0.3 is 14.3 Å². The molecule has 0 saturated carbocycles. The lowest BCUT2D eigenvalue weighted by molar-refractivity contribution is -0.122. The van der Waals surface area contributed by atoms with Crippen molar-refractivity contribution in [3.8, 4) is 0 Å². The van der Waals surface area contributed by atoms with Crippen molar-refractivity contribution in [2.75, 3.05) is 0 Å². The molecule has 1 N–H and O–H groups in total. The van der Waals surface area contributed by atoms with Crippen LogP contribution in [0, 0.1) is 6.92 Å². The van der Waals surface area contributed by atoms with Crippen molar-refractivity contribution in [2.24, 2.45) is 0 Å². The molecule has 6 nitrogen and oxygen atoms in total. The van der Waals surface area contributed by atoms with Gasteiger partial charge in [-0.1, -0.05) is 0 Å². The summed E-state index contributed by atoms with van der Waals surface area (Å²) in [5.74, 6) is -0.00745. The quantitative estimate of drug-likeness (QED) is 0.840. The highest BCUT2D eigenvalue weighted by Gasteiger charge is 2.12. The van der Waals surface area contributed by atoms with Crippen molar-refractivity contribution in [3.63, 3.8) is 0 Å². The van der Waals surface area contributed by atoms with E-state index in [0.717, 1.165) is 0 Å². The number of carbonyl (C=O) groups is 2. The molecule has 6 heteroatoms. The third kappa shape index (κ3) is 3.47. The minimum absolute atomic E-state index is 0.0828. The van der Waals surface area contributed by atoms with Crippen molar-refractivity contribution in [3.05, 3.63) is 57.9 Å². The number of aryl methyl sites for hydroxylation is 1. The van der Waals surface area contributed by atoms with Gasteiger partial charge in [-0.15, -0.1) is 0 Å². The average Bonchev–Trinajstić information content (AvgIpc) is 2.94. The first kappa shape index (κ1) is 14.8. The molecule has 0 aromatic carbocycles. The summed E-state index contributed by atoms with van der Waals surface area (Å²) in [5, 5.41) is 2.66. The van der Waals surface area contributed by atoms with E-state index in [2.05, 4.69) is 5.32 Å². The number of Topliss-reactive ketones (excluding diaryl/α,β-unsaturated/α-hetero) is 1. The van der Waals surface area contributed by atoms with Crippen LogP contribution in [0.2, 0.25) is 0 Å². The molecule has 0 aliphatic rings. The highest BCUT2D eigenvalue weighted by molar-refractivity contribution is 5.93. The van der Waals surface area contributed by atoms with Gasteiger partial charge in [0, 0.05) is 5.69 Å². The van der Waals surface area contributed by atoms with Crippen LogP contribution in [-0.4, -0.2) is 16.3 Å². The fourth-order valence-electron chi connectivity index (χ4n) is 1.93. The highest BCUT2D eigenvalue weighted by Crippen LogP contribution is 2.01. The minimum Gasteiger partial charge on any atom is -0.467 e. The number of hydrogen-bond donors (Lipinski definition) is 1. The van der Waals surface area contributed by atoms with Crippen LogP contribution in [-0.2, 0) is 17.9 Å². The summed E-state index contributed by atoms with van der Waals surface area (Å²) in [4.78, 5) is 35.4. The Bertz CT molecular complexity index is 714. The molecule has 0 aliphatic carbocycles. The molecule has 0 spiro atoms. The molecule has 2 aromatic heterocycles. The van der Waals surface area contributed by atoms with Crippen molar-refractivity contribution in [1.82, 2.24) is 9.88 Å². The van der Waals surface area contributed by atoms with Crippen LogP contribution in [0.15, 0.2) is 39.7 Å². The van der Waals surface area contributed by atoms with Gasteiger partial charge in [-0.25, -0.2) is 0 Å². The van der Waals surface area contributed by atoms with Crippen molar-refractivity contribution < 1.29 is 14.0 Å². The first-order valence-corrected chi connectivity index (χ1v) is 6.49. The third-order valence-electron chi connectivity index (χ3n) is 3.11. The Labute approximate surface area is 121 Å². The van der Waals surface area contributed by atoms with Crippen LogP contribution in [0.1, 0.15) is 28.7 Å². The zero-order valence-electron chi connectivity index (χ0n) is 11.9. The van der Waals surface area contributed by atoms with Gasteiger partial charge in [0.25, 0.3) is 5.56 Å². The van der Waals surface area contributed by atoms with Gasteiger partial charge >= 0.3 is 0 Å². The second-order valence-electron chi connectivity index (χ2n) is 4.69. The number of hydrogen-bond acceptors (Lipinski definition) is 4. The predicted molar refractivity (Wildman–Crippen MR) is 76.0 cm³/mol. The van der Waals surface area contributed by atoms with Crippen molar-refractivity contribution in [1.29, 1.82) is 0 Å². The summed E-state index contributed by atoms with van der Waals surface area (Å²) in [6, 6.07) is 6.61. The van der Waals surface area contributed by atoms with E-state index >= 15 is 0 Å². The Balaban J connectivity index is 2.11. The standard InChI is InChI=1S/C15H16N2O4/c1-10-5-6-13(11(2)18)15(20)17(10)9-14(19)16-8-12-4-3-7-21-12/h3-7H,8-9H2,1-2H3,(H,16,19). The smallest absolute Gasteiger partial charge is 0.262 e. The molecular formula is C15H16N2O4. The Morgan fingerprint density at radius 1 is 1.29 bits per heavy atom. The lowest BCUT2D eigenvalue weighted by Gasteiger charge is -2.11. The second kappa shape index (κ2) is 6.21. The number of furan rings is 1. The molecular weight excluding hydrogens is 272 g/mol. The van der Waals surface area contributed by atoms with Gasteiger partial charge in [-0.2, -0.15) is 0 Å². The fourth-order valence-corrected chi connectivity index (χ4v) is 1.93. The molecule has 0 aliphatic heterocycles. The predicted octanol–water partition coefficient (Wildman–Crippen LogP) is 1.27. The number of nitrogens with zero attached hydrogens (tertiary/aromatic N) is 1. The summed E-state index contributed by atoms with van der Waals surface area (Å²) in [6.45, 7) is 3.16. The minimum atomic E-state index is -0.448. The lowest BCUT2D eigenvalue weighted by atomic mass is 10.2. The van der Waals surface area contributed by atoms with E-state index in [1.54, 1.807) is 25.1 Å². The van der Waals surface area contributed by atoms with Gasteiger partial charge in [0.2, 0.25) is 5.91 Å². The van der Waals surface area contributed by atoms with E-state index in [0.29, 0.717) is 11.5 Å². The molecule has 0 unspecified atom stereocenters. The largest absolute Gasteiger partial charge is 0.467 e. The molecule has 1 amide bonds. The maximum atomic E-state index is 12.1. The first-order valence-electron chi connectivity index (χ1n) is 6.49. The van der Waals surface area contributed by atoms with Crippen LogP contribution in [0.3, 0.4) is 0 Å². The molecule has 2 heterocycles. The normalized spacial score (nSPS) is 10.4. The topological polar surface area (TPSA) is 81.3 Å². The Morgan fingerprint density at radius 3 is 2.67 bits per heavy atom. The van der Waals surface area contributed by atoms with E-state index in [-0.39, 0.29) is 30.3 Å². The molecule has 2 rings (SSSR count). The number of rotatable bonds is 5. The van der Waals surface area contributed by atoms with Crippen LogP contribution >= 0.6 is 0 Å². The monoisotopic (exact) mass is 288 g/mol. The van der Waals surface area contributed by atoms with Gasteiger partial charge in [0.1, 0.15) is 12.3 Å². The van der Waals surface area contributed by atoms with E-state index in [4.69, 9.17) is 4.42 Å². The van der Waals surface area contributed by atoms with Crippen molar-refractivity contribution >= 4 is 11.7 Å². The molecule has 0 atom stereocenters. The molecule has 0 radical (unpaired) electrons. The second-order valence-corrected chi connectivity index (χ2v) is 4.69. The highest BCUT2D eigenvalue weighted by atomic mass is 16.3. The molecule has 0 fully saturated rings. The van der Waals surface area contributed by atoms with Gasteiger partial charge in [0.05, 0.1) is 18.4 Å². The van der Waals surface area contributed by atoms with Gasteiger partial charge in [-0.05, 0) is 38.1 Å². The van der Waals surface area contributed by atoms with Crippen LogP contribution in [0.25, 0.3) is 0 Å². The molecule has 110 valence electrons. The summed E-state index contributed by atoms with van der Waals surface area (Å²) in [6.07, 6.45) is 1.52. The maximum Gasteiger partial charge on any atom is 0.262 e. The Hall–Kier alpha value is -2.63. The van der Waals surface area contributed by atoms with Crippen LogP contribution < -0.4 is 10.9 Å². The van der Waals surface area contributed by atoms with Gasteiger partial charge in [0.15, 0.2) is 5.78 Å². The number of amides is 1. The van der Waals surface area contributed by atoms with Crippen molar-refractivity contribution in [2.45, 2.75) is 26.9 Å². The lowest BCUT2D eigenvalue weighted by Crippen LogP contribution is -2.34. The Kier molecular flexibility index (Phi) is 4.37.